The molecule has 3 heterocycles. The second-order valence-corrected chi connectivity index (χ2v) is 9.75. The van der Waals surface area contributed by atoms with Crippen molar-refractivity contribution in [3.8, 4) is 0 Å². The fraction of sp³-hybridized carbons (Fsp3) is 0.421. The number of amides is 1. The van der Waals surface area contributed by atoms with Crippen LogP contribution in [0.4, 0.5) is 5.69 Å². The van der Waals surface area contributed by atoms with Gasteiger partial charge in [-0.3, -0.25) is 4.79 Å². The van der Waals surface area contributed by atoms with Gasteiger partial charge in [0.05, 0.1) is 10.6 Å². The summed E-state index contributed by atoms with van der Waals surface area (Å²) >= 11 is 1.31. The van der Waals surface area contributed by atoms with Gasteiger partial charge >= 0.3 is 0 Å². The standard InChI is InChI=1S/C19H22N4O3S2/c24-18(14-27-19-20-8-4-9-21-19)23-12-3-5-15-13-16(6-7-17(15)23)28(25,26)22-10-1-2-11-22/h4,6-9,13H,1-3,5,10-12,14H2. The highest BCUT2D eigenvalue weighted by molar-refractivity contribution is 7.99. The zero-order valence-electron chi connectivity index (χ0n) is 15.5. The van der Waals surface area contributed by atoms with Crippen molar-refractivity contribution in [2.75, 3.05) is 30.3 Å². The Balaban J connectivity index is 1.52. The third-order valence-corrected chi connectivity index (χ3v) is 7.80. The maximum atomic E-state index is 12.8. The largest absolute Gasteiger partial charge is 0.311 e. The molecular weight excluding hydrogens is 396 g/mol. The van der Waals surface area contributed by atoms with Gasteiger partial charge < -0.3 is 4.90 Å². The lowest BCUT2D eigenvalue weighted by Gasteiger charge is -2.30. The number of benzene rings is 1. The first kappa shape index (κ1) is 19.4. The van der Waals surface area contributed by atoms with Crippen LogP contribution >= 0.6 is 11.8 Å². The molecule has 2 aromatic rings. The zero-order chi connectivity index (χ0) is 19.6. The number of aryl methyl sites for hydroxylation is 1. The third kappa shape index (κ3) is 3.92. The van der Waals surface area contributed by atoms with Crippen LogP contribution in [0.3, 0.4) is 0 Å². The third-order valence-electron chi connectivity index (χ3n) is 5.04. The Labute approximate surface area is 169 Å². The molecule has 2 aliphatic rings. The molecule has 1 aromatic carbocycles. The molecule has 7 nitrogen and oxygen atoms in total. The summed E-state index contributed by atoms with van der Waals surface area (Å²) in [6.45, 7) is 1.81. The molecule has 0 unspecified atom stereocenters. The first-order chi connectivity index (χ1) is 13.6. The summed E-state index contributed by atoms with van der Waals surface area (Å²) < 4.78 is 27.2. The number of carbonyl (C=O) groups is 1. The molecule has 1 saturated heterocycles. The monoisotopic (exact) mass is 418 g/mol. The second-order valence-electron chi connectivity index (χ2n) is 6.87. The van der Waals surface area contributed by atoms with Crippen LogP contribution in [-0.2, 0) is 21.2 Å². The number of sulfonamides is 1. The van der Waals surface area contributed by atoms with Crippen molar-refractivity contribution in [3.63, 3.8) is 0 Å². The number of thioether (sulfide) groups is 1. The Bertz CT molecular complexity index is 960. The van der Waals surface area contributed by atoms with E-state index in [0.29, 0.717) is 29.7 Å². The summed E-state index contributed by atoms with van der Waals surface area (Å²) in [5.74, 6) is 0.227. The van der Waals surface area contributed by atoms with Gasteiger partial charge in [0.25, 0.3) is 0 Å². The van der Waals surface area contributed by atoms with Crippen molar-refractivity contribution in [1.82, 2.24) is 14.3 Å². The number of fused-ring (bicyclic) bond motifs is 1. The number of anilines is 1. The smallest absolute Gasteiger partial charge is 0.243 e. The van der Waals surface area contributed by atoms with Crippen molar-refractivity contribution in [3.05, 3.63) is 42.2 Å². The molecule has 0 radical (unpaired) electrons. The maximum absolute atomic E-state index is 12.8. The lowest BCUT2D eigenvalue weighted by Crippen LogP contribution is -2.37. The summed E-state index contributed by atoms with van der Waals surface area (Å²) in [6.07, 6.45) is 6.72. The highest BCUT2D eigenvalue weighted by Gasteiger charge is 2.29. The van der Waals surface area contributed by atoms with E-state index in [4.69, 9.17) is 0 Å². The normalized spacial score (nSPS) is 17.5. The van der Waals surface area contributed by atoms with E-state index in [1.807, 2.05) is 0 Å². The van der Waals surface area contributed by atoms with E-state index in [2.05, 4.69) is 9.97 Å². The molecule has 148 valence electrons. The van der Waals surface area contributed by atoms with Gasteiger partial charge in [0, 0.05) is 37.7 Å². The average molecular weight is 419 g/mol. The van der Waals surface area contributed by atoms with Crippen LogP contribution in [-0.4, -0.2) is 54.0 Å². The maximum Gasteiger partial charge on any atom is 0.243 e. The van der Waals surface area contributed by atoms with Gasteiger partial charge in [0.15, 0.2) is 5.16 Å². The van der Waals surface area contributed by atoms with Crippen molar-refractivity contribution < 1.29 is 13.2 Å². The fourth-order valence-corrected chi connectivity index (χ4v) is 5.88. The van der Waals surface area contributed by atoms with Gasteiger partial charge in [0.1, 0.15) is 0 Å². The Morgan fingerprint density at radius 2 is 1.82 bits per heavy atom. The zero-order valence-corrected chi connectivity index (χ0v) is 17.1. The van der Waals surface area contributed by atoms with Gasteiger partial charge in [0.2, 0.25) is 15.9 Å². The van der Waals surface area contributed by atoms with Crippen LogP contribution in [0.1, 0.15) is 24.8 Å². The van der Waals surface area contributed by atoms with E-state index >= 15 is 0 Å². The molecule has 1 amide bonds. The quantitative estimate of drug-likeness (QED) is 0.547. The summed E-state index contributed by atoms with van der Waals surface area (Å²) in [6, 6.07) is 6.89. The molecule has 2 aliphatic heterocycles. The Morgan fingerprint density at radius 1 is 1.07 bits per heavy atom. The summed E-state index contributed by atoms with van der Waals surface area (Å²) in [7, 11) is -3.45. The van der Waals surface area contributed by atoms with E-state index in [1.54, 1.807) is 45.9 Å². The van der Waals surface area contributed by atoms with Crippen molar-refractivity contribution in [2.24, 2.45) is 0 Å². The van der Waals surface area contributed by atoms with Crippen LogP contribution in [0.5, 0.6) is 0 Å². The van der Waals surface area contributed by atoms with Gasteiger partial charge in [-0.2, -0.15) is 4.31 Å². The highest BCUT2D eigenvalue weighted by Crippen LogP contribution is 2.32. The first-order valence-electron chi connectivity index (χ1n) is 9.39. The first-order valence-corrected chi connectivity index (χ1v) is 11.8. The van der Waals surface area contributed by atoms with Crippen LogP contribution in [0, 0.1) is 0 Å². The molecule has 0 N–H and O–H groups in total. The lowest BCUT2D eigenvalue weighted by molar-refractivity contribution is -0.116. The molecule has 0 bridgehead atoms. The van der Waals surface area contributed by atoms with E-state index in [9.17, 15) is 13.2 Å². The molecule has 0 spiro atoms. The van der Waals surface area contributed by atoms with Gasteiger partial charge in [-0.05, 0) is 55.5 Å². The minimum Gasteiger partial charge on any atom is -0.311 e. The van der Waals surface area contributed by atoms with Crippen LogP contribution in [0.25, 0.3) is 0 Å². The summed E-state index contributed by atoms with van der Waals surface area (Å²) in [4.78, 5) is 23.1. The Kier molecular flexibility index (Phi) is 5.65. The topological polar surface area (TPSA) is 83.5 Å². The SMILES string of the molecule is O=C(CSc1ncccn1)N1CCCc2cc(S(=O)(=O)N3CCCC3)ccc21. The molecule has 1 aromatic heterocycles. The molecule has 0 aliphatic carbocycles. The molecule has 1 fully saturated rings. The van der Waals surface area contributed by atoms with Crippen molar-refractivity contribution in [2.45, 2.75) is 35.7 Å². The number of aromatic nitrogens is 2. The number of rotatable bonds is 5. The van der Waals surface area contributed by atoms with E-state index < -0.39 is 10.0 Å². The highest BCUT2D eigenvalue weighted by atomic mass is 32.2. The number of hydrogen-bond donors (Lipinski definition) is 0. The van der Waals surface area contributed by atoms with Crippen LogP contribution < -0.4 is 4.90 Å². The van der Waals surface area contributed by atoms with Gasteiger partial charge in [-0.15, -0.1) is 0 Å². The second kappa shape index (κ2) is 8.18. The molecule has 4 rings (SSSR count). The number of hydrogen-bond acceptors (Lipinski definition) is 6. The molecule has 9 heteroatoms. The lowest BCUT2D eigenvalue weighted by atomic mass is 10.0. The Morgan fingerprint density at radius 3 is 2.57 bits per heavy atom. The number of nitrogens with zero attached hydrogens (tertiary/aromatic N) is 4. The minimum absolute atomic E-state index is 0.0199. The van der Waals surface area contributed by atoms with Crippen LogP contribution in [0.2, 0.25) is 0 Å². The van der Waals surface area contributed by atoms with Gasteiger partial charge in [-0.1, -0.05) is 11.8 Å². The van der Waals surface area contributed by atoms with Crippen molar-refractivity contribution in [1.29, 1.82) is 0 Å². The van der Waals surface area contributed by atoms with E-state index in [1.165, 1.54) is 11.8 Å². The molecular formula is C19H22N4O3S2. The van der Waals surface area contributed by atoms with E-state index in [0.717, 1.165) is 36.9 Å². The number of carbonyl (C=O) groups excluding carboxylic acids is 1. The molecule has 0 saturated carbocycles. The van der Waals surface area contributed by atoms with Gasteiger partial charge in [-0.25, -0.2) is 18.4 Å². The minimum atomic E-state index is -3.45. The van der Waals surface area contributed by atoms with Crippen molar-refractivity contribution >= 4 is 33.4 Å². The predicted molar refractivity (Wildman–Crippen MR) is 108 cm³/mol. The average Bonchev–Trinajstić information content (AvgIpc) is 3.28. The molecule has 0 atom stereocenters. The summed E-state index contributed by atoms with van der Waals surface area (Å²) in [5, 5.41) is 0.570. The Hall–Kier alpha value is -1.97. The predicted octanol–water partition coefficient (Wildman–Crippen LogP) is 2.33. The van der Waals surface area contributed by atoms with Crippen LogP contribution in [0.15, 0.2) is 46.7 Å². The molecule has 28 heavy (non-hydrogen) atoms. The van der Waals surface area contributed by atoms with E-state index in [-0.39, 0.29) is 11.7 Å². The summed E-state index contributed by atoms with van der Waals surface area (Å²) in [5.41, 5.74) is 1.73. The fourth-order valence-electron chi connectivity index (χ4n) is 3.63.